The quantitative estimate of drug-likeness (QED) is 0.796. The first-order valence-electron chi connectivity index (χ1n) is 5.22. The largest absolute Gasteiger partial charge is 0.496 e. The van der Waals surface area contributed by atoms with Crippen LogP contribution >= 0.6 is 0 Å². The van der Waals surface area contributed by atoms with Crippen LogP contribution in [0.15, 0.2) is 18.2 Å². The van der Waals surface area contributed by atoms with E-state index in [0.29, 0.717) is 11.3 Å². The summed E-state index contributed by atoms with van der Waals surface area (Å²) in [6.07, 6.45) is 0. The van der Waals surface area contributed by atoms with Crippen molar-refractivity contribution >= 4 is 5.97 Å². The minimum atomic E-state index is -0.396. The van der Waals surface area contributed by atoms with Crippen molar-refractivity contribution in [2.45, 2.75) is 13.0 Å². The van der Waals surface area contributed by atoms with Crippen LogP contribution in [-0.2, 0) is 9.53 Å². The smallest absolute Gasteiger partial charge is 0.319 e. The fourth-order valence-corrected chi connectivity index (χ4v) is 1.53. The lowest BCUT2D eigenvalue weighted by atomic mass is 10.1. The molecule has 0 spiro atoms. The second kappa shape index (κ2) is 6.20. The third kappa shape index (κ3) is 3.42. The fourth-order valence-electron chi connectivity index (χ4n) is 1.53. The van der Waals surface area contributed by atoms with Gasteiger partial charge < -0.3 is 14.8 Å². The summed E-state index contributed by atoms with van der Waals surface area (Å²) in [5, 5.41) is 2.87. The summed E-state index contributed by atoms with van der Waals surface area (Å²) in [7, 11) is 2.78. The monoisotopic (exact) mass is 241 g/mol. The molecule has 0 aliphatic rings. The summed E-state index contributed by atoms with van der Waals surface area (Å²) in [6, 6.07) is 4.26. The predicted octanol–water partition coefficient (Wildman–Crippen LogP) is 1.66. The molecule has 1 N–H and O–H groups in total. The number of methoxy groups -OCH3 is 2. The molecule has 1 rings (SSSR count). The number of esters is 1. The Bertz CT molecular complexity index is 395. The fraction of sp³-hybridized carbons (Fsp3) is 0.417. The number of nitrogens with one attached hydrogen (secondary N) is 1. The number of carbonyl (C=O) groups excluding carboxylic acids is 1. The summed E-state index contributed by atoms with van der Waals surface area (Å²) in [5.41, 5.74) is 0.402. The summed E-state index contributed by atoms with van der Waals surface area (Å²) < 4.78 is 23.2. The second-order valence-corrected chi connectivity index (χ2v) is 3.53. The maximum absolute atomic E-state index is 13.7. The van der Waals surface area contributed by atoms with Crippen LogP contribution in [0.1, 0.15) is 18.5 Å². The van der Waals surface area contributed by atoms with Crippen molar-refractivity contribution in [1.29, 1.82) is 0 Å². The first-order chi connectivity index (χ1) is 8.10. The van der Waals surface area contributed by atoms with Gasteiger partial charge in [0.1, 0.15) is 11.6 Å². The third-order valence-corrected chi connectivity index (χ3v) is 2.45. The van der Waals surface area contributed by atoms with Crippen LogP contribution in [0.25, 0.3) is 0 Å². The average Bonchev–Trinajstić information content (AvgIpc) is 2.34. The molecule has 1 unspecified atom stereocenters. The number of halogens is 1. The van der Waals surface area contributed by atoms with Crippen molar-refractivity contribution in [3.63, 3.8) is 0 Å². The van der Waals surface area contributed by atoms with E-state index in [1.54, 1.807) is 19.1 Å². The van der Waals surface area contributed by atoms with Gasteiger partial charge in [-0.15, -0.1) is 0 Å². The number of rotatable bonds is 5. The summed E-state index contributed by atoms with van der Waals surface area (Å²) in [4.78, 5) is 11.0. The molecule has 0 radical (unpaired) electrons. The molecule has 0 fully saturated rings. The first kappa shape index (κ1) is 13.4. The molecular weight excluding hydrogens is 225 g/mol. The second-order valence-electron chi connectivity index (χ2n) is 3.53. The van der Waals surface area contributed by atoms with Crippen molar-refractivity contribution in [3.8, 4) is 5.75 Å². The molecule has 0 bridgehead atoms. The van der Waals surface area contributed by atoms with E-state index >= 15 is 0 Å². The Kier molecular flexibility index (Phi) is 4.90. The van der Waals surface area contributed by atoms with E-state index in [2.05, 4.69) is 10.1 Å². The van der Waals surface area contributed by atoms with Crippen molar-refractivity contribution in [2.75, 3.05) is 20.8 Å². The van der Waals surface area contributed by atoms with Gasteiger partial charge in [-0.1, -0.05) is 6.07 Å². The van der Waals surface area contributed by atoms with Gasteiger partial charge in [-0.2, -0.15) is 0 Å². The van der Waals surface area contributed by atoms with Gasteiger partial charge in [0.2, 0.25) is 0 Å². The van der Waals surface area contributed by atoms with Gasteiger partial charge in [0.05, 0.1) is 20.8 Å². The molecule has 0 aromatic heterocycles. The zero-order valence-corrected chi connectivity index (χ0v) is 10.1. The normalized spacial score (nSPS) is 12.0. The molecule has 17 heavy (non-hydrogen) atoms. The van der Waals surface area contributed by atoms with E-state index < -0.39 is 5.97 Å². The molecule has 0 aliphatic heterocycles. The zero-order chi connectivity index (χ0) is 12.8. The van der Waals surface area contributed by atoms with Gasteiger partial charge in [-0.25, -0.2) is 4.39 Å². The van der Waals surface area contributed by atoms with Crippen LogP contribution in [0.4, 0.5) is 4.39 Å². The molecule has 1 aromatic rings. The highest BCUT2D eigenvalue weighted by Gasteiger charge is 2.16. The molecule has 4 nitrogen and oxygen atoms in total. The van der Waals surface area contributed by atoms with E-state index in [1.165, 1.54) is 20.3 Å². The van der Waals surface area contributed by atoms with Crippen molar-refractivity contribution in [1.82, 2.24) is 5.32 Å². The van der Waals surface area contributed by atoms with Crippen LogP contribution in [-0.4, -0.2) is 26.7 Å². The highest BCUT2D eigenvalue weighted by atomic mass is 19.1. The maximum Gasteiger partial charge on any atom is 0.319 e. The molecule has 1 atom stereocenters. The molecule has 5 heteroatoms. The summed E-state index contributed by atoms with van der Waals surface area (Å²) >= 11 is 0. The number of benzene rings is 1. The van der Waals surface area contributed by atoms with Crippen molar-refractivity contribution in [3.05, 3.63) is 29.6 Å². The maximum atomic E-state index is 13.7. The zero-order valence-electron chi connectivity index (χ0n) is 10.1. The van der Waals surface area contributed by atoms with Crippen molar-refractivity contribution < 1.29 is 18.7 Å². The Balaban J connectivity index is 2.80. The molecule has 0 aliphatic carbocycles. The molecule has 1 aromatic carbocycles. The molecule has 0 heterocycles. The van der Waals surface area contributed by atoms with Crippen LogP contribution in [0.5, 0.6) is 5.75 Å². The standard InChI is InChI=1S/C12H16FNO3/c1-8(14-7-11(15)17-3)12-9(13)5-4-6-10(12)16-2/h4-6,8,14H,7H2,1-3H3. The van der Waals surface area contributed by atoms with Gasteiger partial charge in [0.25, 0.3) is 0 Å². The Morgan fingerprint density at radius 1 is 1.47 bits per heavy atom. The van der Waals surface area contributed by atoms with Gasteiger partial charge in [-0.05, 0) is 19.1 Å². The number of carbonyl (C=O) groups is 1. The Morgan fingerprint density at radius 2 is 2.18 bits per heavy atom. The SMILES string of the molecule is COC(=O)CNC(C)c1c(F)cccc1OC. The summed E-state index contributed by atoms with van der Waals surface area (Å²) in [5.74, 6) is -0.309. The Labute approximate surface area is 99.7 Å². The van der Waals surface area contributed by atoms with Gasteiger partial charge in [-0.3, -0.25) is 4.79 Å². The van der Waals surface area contributed by atoms with Gasteiger partial charge in [0.15, 0.2) is 0 Å². The summed E-state index contributed by atoms with van der Waals surface area (Å²) in [6.45, 7) is 1.78. The number of ether oxygens (including phenoxy) is 2. The predicted molar refractivity (Wildman–Crippen MR) is 61.4 cm³/mol. The van der Waals surface area contributed by atoms with Crippen LogP contribution < -0.4 is 10.1 Å². The van der Waals surface area contributed by atoms with Gasteiger partial charge in [0, 0.05) is 11.6 Å². The van der Waals surface area contributed by atoms with E-state index in [1.807, 2.05) is 0 Å². The Morgan fingerprint density at radius 3 is 2.76 bits per heavy atom. The van der Waals surface area contributed by atoms with E-state index in [0.717, 1.165) is 0 Å². The minimum absolute atomic E-state index is 0.0230. The van der Waals surface area contributed by atoms with Gasteiger partial charge >= 0.3 is 5.97 Å². The van der Waals surface area contributed by atoms with Crippen molar-refractivity contribution in [2.24, 2.45) is 0 Å². The lowest BCUT2D eigenvalue weighted by molar-refractivity contribution is -0.139. The molecular formula is C12H16FNO3. The lowest BCUT2D eigenvalue weighted by Crippen LogP contribution is -2.27. The molecule has 94 valence electrons. The topological polar surface area (TPSA) is 47.6 Å². The lowest BCUT2D eigenvalue weighted by Gasteiger charge is -2.17. The highest BCUT2D eigenvalue weighted by molar-refractivity contribution is 5.71. The molecule has 0 amide bonds. The van der Waals surface area contributed by atoms with E-state index in [-0.39, 0.29) is 18.4 Å². The van der Waals surface area contributed by atoms with Crippen LogP contribution in [0.3, 0.4) is 0 Å². The molecule has 0 saturated heterocycles. The number of hydrogen-bond acceptors (Lipinski definition) is 4. The van der Waals surface area contributed by atoms with E-state index in [4.69, 9.17) is 4.74 Å². The molecule has 0 saturated carbocycles. The average molecular weight is 241 g/mol. The first-order valence-corrected chi connectivity index (χ1v) is 5.22. The van der Waals surface area contributed by atoms with Crippen LogP contribution in [0, 0.1) is 5.82 Å². The van der Waals surface area contributed by atoms with E-state index in [9.17, 15) is 9.18 Å². The third-order valence-electron chi connectivity index (χ3n) is 2.45. The number of hydrogen-bond donors (Lipinski definition) is 1. The highest BCUT2D eigenvalue weighted by Crippen LogP contribution is 2.27. The Hall–Kier alpha value is -1.62. The minimum Gasteiger partial charge on any atom is -0.496 e. The van der Waals surface area contributed by atoms with Crippen LogP contribution in [0.2, 0.25) is 0 Å².